The van der Waals surface area contributed by atoms with Gasteiger partial charge < -0.3 is 5.73 Å². The standard InChI is InChI=1S/C17H21N3/c18-9-15(16-2-1-14(19)10-20-16)17-6-11-3-12(7-17)5-13(4-11)8-17/h1-2,10-13,15H,3-8,19H2. The number of nitrogen functional groups attached to an aromatic ring is 1. The van der Waals surface area contributed by atoms with E-state index in [1.165, 1.54) is 38.5 Å². The van der Waals surface area contributed by atoms with E-state index in [1.54, 1.807) is 6.20 Å². The Hall–Kier alpha value is -1.56. The fourth-order valence-electron chi connectivity index (χ4n) is 5.64. The normalized spacial score (nSPS) is 39.5. The third-order valence-electron chi connectivity index (χ3n) is 5.93. The van der Waals surface area contributed by atoms with E-state index in [2.05, 4.69) is 11.1 Å². The first-order valence-electron chi connectivity index (χ1n) is 7.79. The second-order valence-corrected chi connectivity index (χ2v) is 7.36. The van der Waals surface area contributed by atoms with E-state index in [9.17, 15) is 5.26 Å². The highest BCUT2D eigenvalue weighted by atomic mass is 14.7. The summed E-state index contributed by atoms with van der Waals surface area (Å²) in [5.74, 6) is 2.55. The summed E-state index contributed by atoms with van der Waals surface area (Å²) in [5.41, 5.74) is 7.54. The van der Waals surface area contributed by atoms with Crippen LogP contribution in [-0.2, 0) is 0 Å². The summed E-state index contributed by atoms with van der Waals surface area (Å²) in [5, 5.41) is 9.79. The van der Waals surface area contributed by atoms with Crippen molar-refractivity contribution in [1.82, 2.24) is 4.98 Å². The second-order valence-electron chi connectivity index (χ2n) is 7.36. The first kappa shape index (κ1) is 12.2. The molecule has 1 unspecified atom stereocenters. The Labute approximate surface area is 120 Å². The van der Waals surface area contributed by atoms with E-state index < -0.39 is 0 Å². The molecule has 1 aromatic rings. The Morgan fingerprint density at radius 3 is 2.20 bits per heavy atom. The molecule has 5 rings (SSSR count). The Kier molecular flexibility index (Phi) is 2.57. The molecule has 20 heavy (non-hydrogen) atoms. The van der Waals surface area contributed by atoms with Gasteiger partial charge in [0.15, 0.2) is 0 Å². The van der Waals surface area contributed by atoms with Crippen LogP contribution in [0.2, 0.25) is 0 Å². The van der Waals surface area contributed by atoms with Gasteiger partial charge in [-0.3, -0.25) is 4.98 Å². The zero-order valence-corrected chi connectivity index (χ0v) is 11.8. The summed E-state index contributed by atoms with van der Waals surface area (Å²) in [4.78, 5) is 4.46. The molecule has 4 fully saturated rings. The molecular weight excluding hydrogens is 246 g/mol. The fraction of sp³-hybridized carbons (Fsp3) is 0.647. The Bertz CT molecular complexity index is 519. The molecule has 3 nitrogen and oxygen atoms in total. The van der Waals surface area contributed by atoms with Gasteiger partial charge in [0.25, 0.3) is 0 Å². The predicted octanol–water partition coefficient (Wildman–Crippen LogP) is 3.49. The van der Waals surface area contributed by atoms with Gasteiger partial charge in [-0.25, -0.2) is 0 Å². The van der Waals surface area contributed by atoms with Crippen molar-refractivity contribution in [2.24, 2.45) is 23.2 Å². The van der Waals surface area contributed by atoms with Crippen LogP contribution in [0.1, 0.15) is 50.1 Å². The van der Waals surface area contributed by atoms with Gasteiger partial charge in [-0.2, -0.15) is 5.26 Å². The lowest BCUT2D eigenvalue weighted by molar-refractivity contribution is -0.0600. The monoisotopic (exact) mass is 267 g/mol. The van der Waals surface area contributed by atoms with Crippen molar-refractivity contribution in [3.05, 3.63) is 24.0 Å². The first-order valence-corrected chi connectivity index (χ1v) is 7.79. The molecule has 0 amide bonds. The third kappa shape index (κ3) is 1.74. The van der Waals surface area contributed by atoms with E-state index >= 15 is 0 Å². The smallest absolute Gasteiger partial charge is 0.0941 e. The SMILES string of the molecule is N#CC(c1ccc(N)cn1)C12CC3CC(CC(C3)C1)C2. The zero-order chi connectivity index (χ0) is 13.7. The van der Waals surface area contributed by atoms with Crippen LogP contribution in [0.3, 0.4) is 0 Å². The van der Waals surface area contributed by atoms with Crippen molar-refractivity contribution in [2.75, 3.05) is 5.73 Å². The van der Waals surface area contributed by atoms with Gasteiger partial charge >= 0.3 is 0 Å². The van der Waals surface area contributed by atoms with Crippen LogP contribution in [0.4, 0.5) is 5.69 Å². The maximum atomic E-state index is 9.79. The fourth-order valence-corrected chi connectivity index (χ4v) is 5.64. The molecule has 1 heterocycles. The van der Waals surface area contributed by atoms with Crippen molar-refractivity contribution in [3.8, 4) is 6.07 Å². The van der Waals surface area contributed by atoms with E-state index in [0.717, 1.165) is 23.4 Å². The average molecular weight is 267 g/mol. The number of hydrogen-bond acceptors (Lipinski definition) is 3. The van der Waals surface area contributed by atoms with Gasteiger partial charge in [-0.15, -0.1) is 0 Å². The van der Waals surface area contributed by atoms with Crippen LogP contribution >= 0.6 is 0 Å². The molecule has 0 saturated heterocycles. The highest BCUT2D eigenvalue weighted by Gasteiger charge is 2.54. The first-order chi connectivity index (χ1) is 9.68. The van der Waals surface area contributed by atoms with E-state index in [1.807, 2.05) is 12.1 Å². The second kappa shape index (κ2) is 4.22. The molecule has 0 aliphatic heterocycles. The molecule has 4 aliphatic carbocycles. The average Bonchev–Trinajstić information content (AvgIpc) is 2.40. The summed E-state index contributed by atoms with van der Waals surface area (Å²) in [7, 11) is 0. The number of aromatic nitrogens is 1. The van der Waals surface area contributed by atoms with Gasteiger partial charge in [-0.1, -0.05) is 0 Å². The lowest BCUT2D eigenvalue weighted by Crippen LogP contribution is -2.48. The molecular formula is C17H21N3. The van der Waals surface area contributed by atoms with E-state index in [4.69, 9.17) is 5.73 Å². The van der Waals surface area contributed by atoms with Gasteiger partial charge in [0.05, 0.1) is 29.6 Å². The van der Waals surface area contributed by atoms with Crippen LogP contribution in [-0.4, -0.2) is 4.98 Å². The molecule has 4 saturated carbocycles. The molecule has 4 aliphatic rings. The summed E-state index contributed by atoms with van der Waals surface area (Å²) >= 11 is 0. The van der Waals surface area contributed by atoms with Crippen LogP contribution in [0.5, 0.6) is 0 Å². The number of anilines is 1. The van der Waals surface area contributed by atoms with Crippen molar-refractivity contribution in [2.45, 2.75) is 44.4 Å². The topological polar surface area (TPSA) is 62.7 Å². The van der Waals surface area contributed by atoms with Gasteiger partial charge in [0.1, 0.15) is 0 Å². The minimum absolute atomic E-state index is 0.0449. The van der Waals surface area contributed by atoms with Gasteiger partial charge in [0.2, 0.25) is 0 Å². The Morgan fingerprint density at radius 2 is 1.75 bits per heavy atom. The number of nitrogens with two attached hydrogens (primary N) is 1. The maximum absolute atomic E-state index is 9.79. The molecule has 0 spiro atoms. The van der Waals surface area contributed by atoms with E-state index in [0.29, 0.717) is 5.69 Å². The quantitative estimate of drug-likeness (QED) is 0.892. The van der Waals surface area contributed by atoms with Gasteiger partial charge in [0, 0.05) is 0 Å². The van der Waals surface area contributed by atoms with Gasteiger partial charge in [-0.05, 0) is 73.8 Å². The molecule has 1 atom stereocenters. The lowest BCUT2D eigenvalue weighted by Gasteiger charge is -2.58. The lowest BCUT2D eigenvalue weighted by atomic mass is 9.46. The summed E-state index contributed by atoms with van der Waals surface area (Å²) in [6.45, 7) is 0. The van der Waals surface area contributed by atoms with Crippen molar-refractivity contribution in [1.29, 1.82) is 5.26 Å². The molecule has 3 heteroatoms. The van der Waals surface area contributed by atoms with Crippen molar-refractivity contribution in [3.63, 3.8) is 0 Å². The maximum Gasteiger partial charge on any atom is 0.0941 e. The highest BCUT2D eigenvalue weighted by molar-refractivity contribution is 5.37. The predicted molar refractivity (Wildman–Crippen MR) is 77.6 cm³/mol. The number of pyridine rings is 1. The largest absolute Gasteiger partial charge is 0.397 e. The van der Waals surface area contributed by atoms with Crippen LogP contribution < -0.4 is 5.73 Å². The number of nitriles is 1. The number of hydrogen-bond donors (Lipinski definition) is 1. The minimum Gasteiger partial charge on any atom is -0.397 e. The summed E-state index contributed by atoms with van der Waals surface area (Å²) < 4.78 is 0. The molecule has 0 aromatic carbocycles. The number of rotatable bonds is 2. The molecule has 2 N–H and O–H groups in total. The van der Waals surface area contributed by atoms with Crippen molar-refractivity contribution >= 4 is 5.69 Å². The molecule has 0 radical (unpaired) electrons. The number of nitrogens with zero attached hydrogens (tertiary/aromatic N) is 2. The van der Waals surface area contributed by atoms with Crippen LogP contribution in [0.25, 0.3) is 0 Å². The highest BCUT2D eigenvalue weighted by Crippen LogP contribution is 2.64. The Morgan fingerprint density at radius 1 is 1.15 bits per heavy atom. The molecule has 4 bridgehead atoms. The molecule has 1 aromatic heterocycles. The van der Waals surface area contributed by atoms with Crippen molar-refractivity contribution < 1.29 is 0 Å². The third-order valence-corrected chi connectivity index (χ3v) is 5.93. The molecule has 104 valence electrons. The minimum atomic E-state index is -0.0449. The van der Waals surface area contributed by atoms with Crippen LogP contribution in [0, 0.1) is 34.5 Å². The Balaban J connectivity index is 1.71. The summed E-state index contributed by atoms with van der Waals surface area (Å²) in [6.07, 6.45) is 9.64. The summed E-state index contributed by atoms with van der Waals surface area (Å²) in [6, 6.07) is 6.43. The van der Waals surface area contributed by atoms with Crippen LogP contribution in [0.15, 0.2) is 18.3 Å². The van der Waals surface area contributed by atoms with E-state index in [-0.39, 0.29) is 11.3 Å². The zero-order valence-electron chi connectivity index (χ0n) is 11.8.